The number of hydrogen-bond acceptors (Lipinski definition) is 0. The monoisotopic (exact) mass is 161 g/mol. The number of rotatable bonds is 2. The molecular weight excluding hydrogens is 146 g/mol. The summed E-state index contributed by atoms with van der Waals surface area (Å²) in [5.74, 6) is 5.95. The minimum absolute atomic E-state index is 0.948. The van der Waals surface area contributed by atoms with Crippen LogP contribution in [0.2, 0.25) is 0 Å². The molecule has 0 saturated carbocycles. The summed E-state index contributed by atoms with van der Waals surface area (Å²) >= 11 is 0. The Balaban J connectivity index is 2.56. The van der Waals surface area contributed by atoms with Gasteiger partial charge in [-0.15, -0.1) is 11.8 Å². The SMILES string of the molecule is CC#CCCn1cc(C)c(C)c1. The van der Waals surface area contributed by atoms with E-state index in [1.165, 1.54) is 11.1 Å². The maximum Gasteiger partial charge on any atom is 0.0329 e. The molecule has 0 N–H and O–H groups in total. The normalized spacial score (nSPS) is 9.25. The minimum atomic E-state index is 0.948. The van der Waals surface area contributed by atoms with Crippen molar-refractivity contribution in [3.05, 3.63) is 23.5 Å². The fourth-order valence-electron chi connectivity index (χ4n) is 1.18. The van der Waals surface area contributed by atoms with Crippen molar-refractivity contribution in [2.24, 2.45) is 0 Å². The Bertz CT molecular complexity index is 290. The Morgan fingerprint density at radius 3 is 2.33 bits per heavy atom. The molecule has 64 valence electrons. The summed E-state index contributed by atoms with van der Waals surface area (Å²) in [5, 5.41) is 0. The van der Waals surface area contributed by atoms with Crippen LogP contribution < -0.4 is 0 Å². The van der Waals surface area contributed by atoms with Crippen LogP contribution >= 0.6 is 0 Å². The number of aryl methyl sites for hydroxylation is 3. The molecule has 1 nitrogen and oxygen atoms in total. The number of nitrogens with zero attached hydrogens (tertiary/aromatic N) is 1. The molecule has 1 heteroatoms. The lowest BCUT2D eigenvalue weighted by molar-refractivity contribution is 0.722. The quantitative estimate of drug-likeness (QED) is 0.587. The molecule has 0 bridgehead atoms. The highest BCUT2D eigenvalue weighted by molar-refractivity contribution is 5.20. The highest BCUT2D eigenvalue weighted by Crippen LogP contribution is 2.07. The predicted molar refractivity (Wildman–Crippen MR) is 52.0 cm³/mol. The van der Waals surface area contributed by atoms with Gasteiger partial charge < -0.3 is 4.57 Å². The van der Waals surface area contributed by atoms with Gasteiger partial charge in [0, 0.05) is 25.4 Å². The largest absolute Gasteiger partial charge is 0.353 e. The summed E-state index contributed by atoms with van der Waals surface area (Å²) in [6.07, 6.45) is 5.30. The van der Waals surface area contributed by atoms with Gasteiger partial charge in [-0.25, -0.2) is 0 Å². The Hall–Kier alpha value is -1.16. The van der Waals surface area contributed by atoms with Crippen LogP contribution in [-0.2, 0) is 6.54 Å². The van der Waals surface area contributed by atoms with Gasteiger partial charge in [0.15, 0.2) is 0 Å². The van der Waals surface area contributed by atoms with Gasteiger partial charge in [0.25, 0.3) is 0 Å². The molecule has 0 saturated heterocycles. The smallest absolute Gasteiger partial charge is 0.0329 e. The zero-order valence-electron chi connectivity index (χ0n) is 8.02. The van der Waals surface area contributed by atoms with E-state index >= 15 is 0 Å². The molecule has 0 radical (unpaired) electrons. The van der Waals surface area contributed by atoms with Gasteiger partial charge >= 0.3 is 0 Å². The van der Waals surface area contributed by atoms with Crippen LogP contribution in [-0.4, -0.2) is 4.57 Å². The summed E-state index contributed by atoms with van der Waals surface area (Å²) in [6.45, 7) is 7.16. The van der Waals surface area contributed by atoms with E-state index in [4.69, 9.17) is 0 Å². The molecule has 1 aromatic heterocycles. The van der Waals surface area contributed by atoms with Crippen molar-refractivity contribution >= 4 is 0 Å². The molecule has 0 aliphatic carbocycles. The maximum absolute atomic E-state index is 3.05. The van der Waals surface area contributed by atoms with E-state index in [-0.39, 0.29) is 0 Å². The molecular formula is C11H15N. The summed E-state index contributed by atoms with van der Waals surface area (Å²) < 4.78 is 2.20. The van der Waals surface area contributed by atoms with Crippen LogP contribution in [0.5, 0.6) is 0 Å². The molecule has 0 aromatic carbocycles. The summed E-state index contributed by atoms with van der Waals surface area (Å²) in [4.78, 5) is 0. The van der Waals surface area contributed by atoms with Crippen molar-refractivity contribution in [2.75, 3.05) is 0 Å². The number of hydrogen-bond donors (Lipinski definition) is 0. The highest BCUT2D eigenvalue weighted by Gasteiger charge is 1.95. The Labute approximate surface area is 74.4 Å². The lowest BCUT2D eigenvalue weighted by Crippen LogP contribution is -1.91. The van der Waals surface area contributed by atoms with E-state index in [1.54, 1.807) is 0 Å². The van der Waals surface area contributed by atoms with Crippen LogP contribution in [0, 0.1) is 25.7 Å². The summed E-state index contributed by atoms with van der Waals surface area (Å²) in [6, 6.07) is 0. The molecule has 1 heterocycles. The molecule has 0 unspecified atom stereocenters. The Morgan fingerprint density at radius 1 is 1.25 bits per heavy atom. The average molecular weight is 161 g/mol. The van der Waals surface area contributed by atoms with Gasteiger partial charge in [0.1, 0.15) is 0 Å². The van der Waals surface area contributed by atoms with Gasteiger partial charge in [-0.3, -0.25) is 0 Å². The first kappa shape index (κ1) is 8.93. The molecule has 12 heavy (non-hydrogen) atoms. The Morgan fingerprint density at radius 2 is 1.83 bits per heavy atom. The van der Waals surface area contributed by atoms with Crippen molar-refractivity contribution in [1.82, 2.24) is 4.57 Å². The lowest BCUT2D eigenvalue weighted by atomic mass is 10.2. The third kappa shape index (κ3) is 2.17. The molecule has 1 aromatic rings. The van der Waals surface area contributed by atoms with E-state index < -0.39 is 0 Å². The molecule has 0 fully saturated rings. The lowest BCUT2D eigenvalue weighted by Gasteiger charge is -1.95. The van der Waals surface area contributed by atoms with E-state index in [9.17, 15) is 0 Å². The van der Waals surface area contributed by atoms with Crippen LogP contribution in [0.25, 0.3) is 0 Å². The van der Waals surface area contributed by atoms with Crippen molar-refractivity contribution in [2.45, 2.75) is 33.7 Å². The highest BCUT2D eigenvalue weighted by atomic mass is 14.9. The predicted octanol–water partition coefficient (Wildman–Crippen LogP) is 2.52. The van der Waals surface area contributed by atoms with E-state index in [0.29, 0.717) is 0 Å². The third-order valence-corrected chi connectivity index (χ3v) is 2.01. The zero-order chi connectivity index (χ0) is 8.97. The second kappa shape index (κ2) is 4.01. The van der Waals surface area contributed by atoms with Crippen molar-refractivity contribution in [1.29, 1.82) is 0 Å². The van der Waals surface area contributed by atoms with Gasteiger partial charge in [-0.2, -0.15) is 0 Å². The van der Waals surface area contributed by atoms with E-state index in [0.717, 1.165) is 13.0 Å². The summed E-state index contributed by atoms with van der Waals surface area (Å²) in [5.41, 5.74) is 2.72. The van der Waals surface area contributed by atoms with Crippen molar-refractivity contribution < 1.29 is 0 Å². The van der Waals surface area contributed by atoms with E-state index in [2.05, 4.69) is 42.6 Å². The van der Waals surface area contributed by atoms with Crippen molar-refractivity contribution in [3.8, 4) is 11.8 Å². The van der Waals surface area contributed by atoms with Gasteiger partial charge in [-0.05, 0) is 31.9 Å². The molecule has 1 rings (SSSR count). The second-order valence-electron chi connectivity index (χ2n) is 3.04. The first-order valence-electron chi connectivity index (χ1n) is 4.26. The second-order valence-corrected chi connectivity index (χ2v) is 3.04. The van der Waals surface area contributed by atoms with Crippen molar-refractivity contribution in [3.63, 3.8) is 0 Å². The molecule has 0 aliphatic rings. The van der Waals surface area contributed by atoms with Gasteiger partial charge in [-0.1, -0.05) is 0 Å². The van der Waals surface area contributed by atoms with Crippen LogP contribution in [0.4, 0.5) is 0 Å². The maximum atomic E-state index is 3.05. The van der Waals surface area contributed by atoms with Gasteiger partial charge in [0.05, 0.1) is 0 Å². The fraction of sp³-hybridized carbons (Fsp3) is 0.455. The van der Waals surface area contributed by atoms with E-state index in [1.807, 2.05) is 6.92 Å². The zero-order valence-corrected chi connectivity index (χ0v) is 8.02. The average Bonchev–Trinajstić information content (AvgIpc) is 2.32. The molecule has 0 atom stereocenters. The first-order chi connectivity index (χ1) is 5.74. The fourth-order valence-corrected chi connectivity index (χ4v) is 1.18. The standard InChI is InChI=1S/C11H15N/c1-4-5-6-7-12-8-10(2)11(3)9-12/h8-9H,6-7H2,1-3H3. The van der Waals surface area contributed by atoms with Crippen LogP contribution in [0.1, 0.15) is 24.5 Å². The molecule has 0 amide bonds. The molecule has 0 aliphatic heterocycles. The van der Waals surface area contributed by atoms with Crippen LogP contribution in [0.3, 0.4) is 0 Å². The third-order valence-electron chi connectivity index (χ3n) is 2.01. The number of aromatic nitrogens is 1. The molecule has 0 spiro atoms. The first-order valence-corrected chi connectivity index (χ1v) is 4.26. The topological polar surface area (TPSA) is 4.93 Å². The Kier molecular flexibility index (Phi) is 2.99. The van der Waals surface area contributed by atoms with Crippen LogP contribution in [0.15, 0.2) is 12.4 Å². The minimum Gasteiger partial charge on any atom is -0.353 e. The summed E-state index contributed by atoms with van der Waals surface area (Å²) in [7, 11) is 0. The van der Waals surface area contributed by atoms with Gasteiger partial charge in [0.2, 0.25) is 0 Å².